The highest BCUT2D eigenvalue weighted by atomic mass is 16.4. The quantitative estimate of drug-likeness (QED) is 0.836. The minimum Gasteiger partial charge on any atom is -0.480 e. The zero-order valence-electron chi connectivity index (χ0n) is 9.93. The van der Waals surface area contributed by atoms with E-state index in [1.54, 1.807) is 0 Å². The van der Waals surface area contributed by atoms with Crippen LogP contribution in [-0.4, -0.2) is 26.8 Å². The van der Waals surface area contributed by atoms with Crippen LogP contribution in [0.4, 0.5) is 5.69 Å². The average Bonchev–Trinajstić information content (AvgIpc) is 2.94. The molecule has 2 saturated carbocycles. The summed E-state index contributed by atoms with van der Waals surface area (Å²) in [5, 5.41) is 15.3. The van der Waals surface area contributed by atoms with Crippen LogP contribution in [0.15, 0.2) is 12.4 Å². The van der Waals surface area contributed by atoms with Crippen molar-refractivity contribution in [3.63, 3.8) is 0 Å². The van der Waals surface area contributed by atoms with Crippen molar-refractivity contribution in [3.05, 3.63) is 12.4 Å². The van der Waals surface area contributed by atoms with Crippen LogP contribution in [-0.2, 0) is 16.1 Å². The maximum Gasteiger partial charge on any atom is 0.325 e. The second-order valence-corrected chi connectivity index (χ2v) is 5.41. The number of rotatable bonds is 4. The number of nitrogens with one attached hydrogen (secondary N) is 1. The molecule has 1 aromatic heterocycles. The number of hydrogen-bond donors (Lipinski definition) is 2. The lowest BCUT2D eigenvalue weighted by atomic mass is 9.71. The minimum atomic E-state index is -0.953. The number of amides is 1. The van der Waals surface area contributed by atoms with Crippen LogP contribution in [0.25, 0.3) is 0 Å². The molecule has 1 amide bonds. The molecule has 18 heavy (non-hydrogen) atoms. The summed E-state index contributed by atoms with van der Waals surface area (Å²) in [6.45, 7) is -0.192. The van der Waals surface area contributed by atoms with E-state index in [2.05, 4.69) is 10.4 Å². The Balaban J connectivity index is 1.54. The molecule has 2 aliphatic carbocycles. The van der Waals surface area contributed by atoms with Crippen LogP contribution in [0.1, 0.15) is 25.7 Å². The van der Waals surface area contributed by atoms with Gasteiger partial charge in [-0.15, -0.1) is 0 Å². The maximum atomic E-state index is 11.9. The van der Waals surface area contributed by atoms with Gasteiger partial charge in [0.1, 0.15) is 6.54 Å². The summed E-state index contributed by atoms with van der Waals surface area (Å²) in [4.78, 5) is 22.4. The Kier molecular flexibility index (Phi) is 2.39. The summed E-state index contributed by atoms with van der Waals surface area (Å²) in [6, 6.07) is 0. The van der Waals surface area contributed by atoms with Crippen LogP contribution in [0.5, 0.6) is 0 Å². The molecule has 0 radical (unpaired) electrons. The first-order valence-electron chi connectivity index (χ1n) is 6.11. The number of carbonyl (C=O) groups is 2. The lowest BCUT2D eigenvalue weighted by Crippen LogP contribution is -2.35. The number of anilines is 1. The van der Waals surface area contributed by atoms with Gasteiger partial charge >= 0.3 is 5.97 Å². The molecule has 6 heteroatoms. The molecule has 2 N–H and O–H groups in total. The van der Waals surface area contributed by atoms with Crippen molar-refractivity contribution in [2.45, 2.75) is 32.2 Å². The molecule has 6 nitrogen and oxygen atoms in total. The van der Waals surface area contributed by atoms with Gasteiger partial charge in [0.2, 0.25) is 5.91 Å². The van der Waals surface area contributed by atoms with Crippen LogP contribution < -0.4 is 5.32 Å². The van der Waals surface area contributed by atoms with Gasteiger partial charge in [0.25, 0.3) is 0 Å². The predicted molar refractivity (Wildman–Crippen MR) is 62.9 cm³/mol. The number of aromatic nitrogens is 2. The molecule has 3 rings (SSSR count). The van der Waals surface area contributed by atoms with Crippen molar-refractivity contribution < 1.29 is 14.7 Å². The van der Waals surface area contributed by atoms with Crippen LogP contribution in [0.3, 0.4) is 0 Å². The zero-order valence-corrected chi connectivity index (χ0v) is 9.93. The van der Waals surface area contributed by atoms with Gasteiger partial charge in [-0.1, -0.05) is 0 Å². The van der Waals surface area contributed by atoms with Crippen LogP contribution in [0, 0.1) is 11.3 Å². The van der Waals surface area contributed by atoms with Crippen LogP contribution >= 0.6 is 0 Å². The van der Waals surface area contributed by atoms with Gasteiger partial charge in [-0.3, -0.25) is 14.3 Å². The maximum absolute atomic E-state index is 11.9. The third-order valence-electron chi connectivity index (χ3n) is 3.88. The van der Waals surface area contributed by atoms with Gasteiger partial charge in [-0.25, -0.2) is 0 Å². The Hall–Kier alpha value is -1.85. The van der Waals surface area contributed by atoms with E-state index >= 15 is 0 Å². The first-order valence-corrected chi connectivity index (χ1v) is 6.11. The van der Waals surface area contributed by atoms with E-state index in [-0.39, 0.29) is 18.4 Å². The van der Waals surface area contributed by atoms with Crippen LogP contribution in [0.2, 0.25) is 0 Å². The lowest BCUT2D eigenvalue weighted by molar-refractivity contribution is -0.137. The van der Waals surface area contributed by atoms with Gasteiger partial charge in [-0.2, -0.15) is 5.10 Å². The smallest absolute Gasteiger partial charge is 0.325 e. The molecule has 1 heterocycles. The number of carbonyl (C=O) groups excluding carboxylic acids is 1. The predicted octanol–water partition coefficient (Wildman–Crippen LogP) is 1.10. The second kappa shape index (κ2) is 3.83. The lowest BCUT2D eigenvalue weighted by Gasteiger charge is -2.34. The summed E-state index contributed by atoms with van der Waals surface area (Å²) in [5.74, 6) is -0.802. The molecule has 96 valence electrons. The topological polar surface area (TPSA) is 84.2 Å². The fraction of sp³-hybridized carbons (Fsp3) is 0.583. The van der Waals surface area contributed by atoms with Crippen molar-refractivity contribution in [3.8, 4) is 0 Å². The molecule has 1 spiro atoms. The molecule has 0 atom stereocenters. The summed E-state index contributed by atoms with van der Waals surface area (Å²) >= 11 is 0. The highest BCUT2D eigenvalue weighted by Gasteiger charge is 2.54. The Morgan fingerprint density at radius 3 is 2.83 bits per heavy atom. The number of hydrogen-bond acceptors (Lipinski definition) is 3. The van der Waals surface area contributed by atoms with E-state index in [9.17, 15) is 9.59 Å². The zero-order chi connectivity index (χ0) is 12.8. The molecule has 0 saturated heterocycles. The molecule has 0 aromatic carbocycles. The summed E-state index contributed by atoms with van der Waals surface area (Å²) < 4.78 is 1.29. The van der Waals surface area contributed by atoms with Crippen molar-refractivity contribution in [1.29, 1.82) is 0 Å². The van der Waals surface area contributed by atoms with Gasteiger partial charge in [-0.05, 0) is 31.1 Å². The standard InChI is InChI=1S/C12H15N3O3/c16-10(17)7-15-6-9(5-13-15)14-11(18)8-3-12(4-8)1-2-12/h5-6,8H,1-4,7H2,(H,14,18)(H,16,17). The van der Waals surface area contributed by atoms with E-state index in [1.807, 2.05) is 0 Å². The highest BCUT2D eigenvalue weighted by Crippen LogP contribution is 2.63. The third kappa shape index (κ3) is 2.10. The molecule has 2 fully saturated rings. The second-order valence-electron chi connectivity index (χ2n) is 5.41. The number of carboxylic acids is 1. The Morgan fingerprint density at radius 2 is 2.22 bits per heavy atom. The Bertz CT molecular complexity index is 496. The summed E-state index contributed by atoms with van der Waals surface area (Å²) in [5.41, 5.74) is 1.08. The summed E-state index contributed by atoms with van der Waals surface area (Å²) in [6.07, 6.45) is 7.56. The highest BCUT2D eigenvalue weighted by molar-refractivity contribution is 5.93. The Morgan fingerprint density at radius 1 is 1.50 bits per heavy atom. The fourth-order valence-electron chi connectivity index (χ4n) is 2.65. The molecule has 0 unspecified atom stereocenters. The number of carboxylic acid groups (broad SMARTS) is 1. The largest absolute Gasteiger partial charge is 0.480 e. The monoisotopic (exact) mass is 249 g/mol. The van der Waals surface area contributed by atoms with Crippen molar-refractivity contribution in [2.75, 3.05) is 5.32 Å². The van der Waals surface area contributed by atoms with E-state index in [0.717, 1.165) is 12.8 Å². The molecule has 0 bridgehead atoms. The first-order chi connectivity index (χ1) is 8.56. The molecule has 1 aromatic rings. The number of nitrogens with zero attached hydrogens (tertiary/aromatic N) is 2. The van der Waals surface area contributed by atoms with E-state index < -0.39 is 5.97 Å². The molecular formula is C12H15N3O3. The van der Waals surface area contributed by atoms with Crippen molar-refractivity contribution in [2.24, 2.45) is 11.3 Å². The molecular weight excluding hydrogens is 234 g/mol. The van der Waals surface area contributed by atoms with E-state index in [4.69, 9.17) is 5.11 Å². The normalized spacial score (nSPS) is 20.4. The first kappa shape index (κ1) is 11.3. The Labute approximate surface area is 104 Å². The number of aliphatic carboxylic acids is 1. The van der Waals surface area contributed by atoms with Gasteiger partial charge in [0, 0.05) is 12.1 Å². The molecule has 0 aliphatic heterocycles. The van der Waals surface area contributed by atoms with Crippen molar-refractivity contribution in [1.82, 2.24) is 9.78 Å². The SMILES string of the molecule is O=C(O)Cn1cc(NC(=O)C2CC3(CC3)C2)cn1. The fourth-order valence-corrected chi connectivity index (χ4v) is 2.65. The van der Waals surface area contributed by atoms with Gasteiger partial charge < -0.3 is 10.4 Å². The average molecular weight is 249 g/mol. The van der Waals surface area contributed by atoms with E-state index in [0.29, 0.717) is 11.1 Å². The summed E-state index contributed by atoms with van der Waals surface area (Å²) in [7, 11) is 0. The van der Waals surface area contributed by atoms with Crippen molar-refractivity contribution >= 4 is 17.6 Å². The minimum absolute atomic E-state index is 0.0300. The molecule has 2 aliphatic rings. The van der Waals surface area contributed by atoms with Gasteiger partial charge in [0.15, 0.2) is 0 Å². The van der Waals surface area contributed by atoms with Gasteiger partial charge in [0.05, 0.1) is 11.9 Å². The third-order valence-corrected chi connectivity index (χ3v) is 3.88. The van der Waals surface area contributed by atoms with E-state index in [1.165, 1.54) is 29.9 Å².